The van der Waals surface area contributed by atoms with E-state index in [1.54, 1.807) is 0 Å². The molecular formula is C18H28N2O. The lowest BCUT2D eigenvalue weighted by Crippen LogP contribution is -2.38. The highest BCUT2D eigenvalue weighted by atomic mass is 16.5. The third-order valence-electron chi connectivity index (χ3n) is 4.83. The molecule has 2 unspecified atom stereocenters. The van der Waals surface area contributed by atoms with Crippen LogP contribution < -0.4 is 10.2 Å². The van der Waals surface area contributed by atoms with E-state index in [1.807, 2.05) is 0 Å². The van der Waals surface area contributed by atoms with Crippen molar-refractivity contribution in [2.24, 2.45) is 0 Å². The predicted octanol–water partition coefficient (Wildman–Crippen LogP) is 3.33. The van der Waals surface area contributed by atoms with Gasteiger partial charge in [0, 0.05) is 38.0 Å². The fraction of sp³-hybridized carbons (Fsp3) is 0.667. The van der Waals surface area contributed by atoms with Crippen LogP contribution in [0.25, 0.3) is 0 Å². The van der Waals surface area contributed by atoms with Gasteiger partial charge in [-0.25, -0.2) is 0 Å². The van der Waals surface area contributed by atoms with E-state index in [1.165, 1.54) is 43.4 Å². The first-order chi connectivity index (χ1) is 10.4. The molecule has 116 valence electrons. The van der Waals surface area contributed by atoms with Crippen LogP contribution in [0.5, 0.6) is 0 Å². The number of para-hydroxylation sites is 1. The first-order valence-electron chi connectivity index (χ1n) is 8.54. The summed E-state index contributed by atoms with van der Waals surface area (Å²) < 4.78 is 5.75. The molecule has 2 heterocycles. The van der Waals surface area contributed by atoms with Crippen molar-refractivity contribution in [2.75, 3.05) is 24.6 Å². The molecule has 2 aliphatic rings. The number of nitrogens with one attached hydrogen (secondary N) is 1. The van der Waals surface area contributed by atoms with Crippen LogP contribution >= 0.6 is 0 Å². The fourth-order valence-electron chi connectivity index (χ4n) is 3.52. The van der Waals surface area contributed by atoms with E-state index in [0.717, 1.165) is 26.2 Å². The molecule has 0 bridgehead atoms. The zero-order valence-electron chi connectivity index (χ0n) is 13.2. The average Bonchev–Trinajstić information content (AvgIpc) is 2.96. The van der Waals surface area contributed by atoms with E-state index in [-0.39, 0.29) is 0 Å². The Balaban J connectivity index is 1.62. The van der Waals surface area contributed by atoms with E-state index in [0.29, 0.717) is 12.1 Å². The summed E-state index contributed by atoms with van der Waals surface area (Å²) in [6.07, 6.45) is 6.66. The molecular weight excluding hydrogens is 260 g/mol. The van der Waals surface area contributed by atoms with E-state index in [2.05, 4.69) is 41.4 Å². The minimum atomic E-state index is 0.521. The van der Waals surface area contributed by atoms with Crippen molar-refractivity contribution < 1.29 is 4.74 Å². The molecule has 1 aromatic rings. The third kappa shape index (κ3) is 3.78. The predicted molar refractivity (Wildman–Crippen MR) is 87.8 cm³/mol. The summed E-state index contributed by atoms with van der Waals surface area (Å²) in [6, 6.07) is 9.45. The van der Waals surface area contributed by atoms with Gasteiger partial charge in [0.25, 0.3) is 0 Å². The molecule has 0 radical (unpaired) electrons. The number of hydrogen-bond acceptors (Lipinski definition) is 3. The highest BCUT2D eigenvalue weighted by molar-refractivity contribution is 5.54. The highest BCUT2D eigenvalue weighted by Gasteiger charge is 2.21. The first-order valence-corrected chi connectivity index (χ1v) is 8.54. The van der Waals surface area contributed by atoms with Crippen molar-refractivity contribution in [2.45, 2.75) is 57.7 Å². The summed E-state index contributed by atoms with van der Waals surface area (Å²) in [5, 5.41) is 3.68. The lowest BCUT2D eigenvalue weighted by atomic mass is 10.1. The minimum absolute atomic E-state index is 0.521. The fourth-order valence-corrected chi connectivity index (χ4v) is 3.52. The van der Waals surface area contributed by atoms with Gasteiger partial charge in [0.15, 0.2) is 0 Å². The second-order valence-electron chi connectivity index (χ2n) is 6.34. The summed E-state index contributed by atoms with van der Waals surface area (Å²) in [5.74, 6) is 0. The van der Waals surface area contributed by atoms with Crippen LogP contribution in [0.15, 0.2) is 24.3 Å². The van der Waals surface area contributed by atoms with Crippen molar-refractivity contribution in [1.29, 1.82) is 0 Å². The Labute approximate surface area is 128 Å². The molecule has 3 rings (SSSR count). The molecule has 21 heavy (non-hydrogen) atoms. The van der Waals surface area contributed by atoms with E-state index in [9.17, 15) is 0 Å². The SMILES string of the molecule is CCC1CN(CCCC2CCCO2)c2ccccc2CN1. The van der Waals surface area contributed by atoms with Gasteiger partial charge in [-0.1, -0.05) is 25.1 Å². The third-order valence-corrected chi connectivity index (χ3v) is 4.83. The minimum Gasteiger partial charge on any atom is -0.378 e. The van der Waals surface area contributed by atoms with Gasteiger partial charge >= 0.3 is 0 Å². The molecule has 0 saturated carbocycles. The summed E-state index contributed by atoms with van der Waals surface area (Å²) in [7, 11) is 0. The molecule has 1 saturated heterocycles. The van der Waals surface area contributed by atoms with Crippen molar-refractivity contribution in [3.8, 4) is 0 Å². The molecule has 0 aliphatic carbocycles. The lowest BCUT2D eigenvalue weighted by Gasteiger charge is -2.27. The number of ether oxygens (including phenoxy) is 1. The van der Waals surface area contributed by atoms with E-state index < -0.39 is 0 Å². The summed E-state index contributed by atoms with van der Waals surface area (Å²) in [4.78, 5) is 2.58. The van der Waals surface area contributed by atoms with Crippen LogP contribution in [0, 0.1) is 0 Å². The molecule has 2 aliphatic heterocycles. The largest absolute Gasteiger partial charge is 0.378 e. The van der Waals surface area contributed by atoms with Crippen LogP contribution in [-0.2, 0) is 11.3 Å². The quantitative estimate of drug-likeness (QED) is 0.899. The monoisotopic (exact) mass is 288 g/mol. The van der Waals surface area contributed by atoms with Crippen LogP contribution in [-0.4, -0.2) is 31.8 Å². The Morgan fingerprint density at radius 2 is 2.24 bits per heavy atom. The topological polar surface area (TPSA) is 24.5 Å². The standard InChI is InChI=1S/C18H28N2O/c1-2-16-14-20(11-5-8-17-9-6-12-21-17)18-10-4-3-7-15(18)13-19-16/h3-4,7,10,16-17,19H,2,5-6,8-9,11-14H2,1H3. The summed E-state index contributed by atoms with van der Waals surface area (Å²) in [5.41, 5.74) is 2.86. The second-order valence-corrected chi connectivity index (χ2v) is 6.34. The van der Waals surface area contributed by atoms with Gasteiger partial charge in [0.2, 0.25) is 0 Å². The van der Waals surface area contributed by atoms with E-state index >= 15 is 0 Å². The maximum atomic E-state index is 5.75. The first kappa shape index (κ1) is 14.9. The average molecular weight is 288 g/mol. The van der Waals surface area contributed by atoms with Gasteiger partial charge in [-0.15, -0.1) is 0 Å². The van der Waals surface area contributed by atoms with Gasteiger partial charge in [-0.2, -0.15) is 0 Å². The van der Waals surface area contributed by atoms with Crippen LogP contribution in [0.2, 0.25) is 0 Å². The number of rotatable bonds is 5. The smallest absolute Gasteiger partial charge is 0.0576 e. The maximum Gasteiger partial charge on any atom is 0.0576 e. The molecule has 3 heteroatoms. The zero-order chi connectivity index (χ0) is 14.5. The Kier molecular flexibility index (Phi) is 5.15. The molecule has 1 fully saturated rings. The molecule has 2 atom stereocenters. The number of hydrogen-bond donors (Lipinski definition) is 1. The van der Waals surface area contributed by atoms with Crippen LogP contribution in [0.3, 0.4) is 0 Å². The zero-order valence-corrected chi connectivity index (χ0v) is 13.2. The van der Waals surface area contributed by atoms with Gasteiger partial charge in [-0.05, 0) is 43.7 Å². The van der Waals surface area contributed by atoms with Crippen LogP contribution in [0.4, 0.5) is 5.69 Å². The van der Waals surface area contributed by atoms with Gasteiger partial charge < -0.3 is 15.0 Å². The molecule has 1 N–H and O–H groups in total. The molecule has 1 aromatic carbocycles. The normalized spacial score (nSPS) is 25.7. The molecule has 0 amide bonds. The van der Waals surface area contributed by atoms with Crippen molar-refractivity contribution in [1.82, 2.24) is 5.32 Å². The Bertz CT molecular complexity index is 443. The summed E-state index contributed by atoms with van der Waals surface area (Å²) in [6.45, 7) is 6.52. The van der Waals surface area contributed by atoms with Crippen molar-refractivity contribution in [3.63, 3.8) is 0 Å². The number of fused-ring (bicyclic) bond motifs is 1. The molecule has 0 aromatic heterocycles. The Morgan fingerprint density at radius 1 is 1.33 bits per heavy atom. The highest BCUT2D eigenvalue weighted by Crippen LogP contribution is 2.25. The van der Waals surface area contributed by atoms with Crippen molar-refractivity contribution in [3.05, 3.63) is 29.8 Å². The van der Waals surface area contributed by atoms with Gasteiger partial charge in [-0.3, -0.25) is 0 Å². The lowest BCUT2D eigenvalue weighted by molar-refractivity contribution is 0.103. The summed E-state index contributed by atoms with van der Waals surface area (Å²) >= 11 is 0. The number of benzene rings is 1. The van der Waals surface area contributed by atoms with Crippen molar-refractivity contribution >= 4 is 5.69 Å². The Morgan fingerprint density at radius 3 is 3.05 bits per heavy atom. The maximum absolute atomic E-state index is 5.75. The van der Waals surface area contributed by atoms with E-state index in [4.69, 9.17) is 4.74 Å². The molecule has 3 nitrogen and oxygen atoms in total. The van der Waals surface area contributed by atoms with Gasteiger partial charge in [0.05, 0.1) is 6.10 Å². The van der Waals surface area contributed by atoms with Crippen LogP contribution in [0.1, 0.15) is 44.6 Å². The number of nitrogens with zero attached hydrogens (tertiary/aromatic N) is 1. The number of anilines is 1. The van der Waals surface area contributed by atoms with Gasteiger partial charge in [0.1, 0.15) is 0 Å². The molecule has 0 spiro atoms. The second kappa shape index (κ2) is 7.28. The Hall–Kier alpha value is -1.06.